The molecule has 0 aliphatic carbocycles. The minimum Gasteiger partial charge on any atom is -0.508 e. The van der Waals surface area contributed by atoms with E-state index in [4.69, 9.17) is 0 Å². The van der Waals surface area contributed by atoms with Crippen molar-refractivity contribution in [2.45, 2.75) is 24.8 Å². The molecule has 20 heavy (non-hydrogen) atoms. The third kappa shape index (κ3) is 3.18. The van der Waals surface area contributed by atoms with E-state index in [2.05, 4.69) is 4.72 Å². The van der Waals surface area contributed by atoms with Gasteiger partial charge in [0.25, 0.3) is 0 Å². The predicted molar refractivity (Wildman–Crippen MR) is 78.0 cm³/mol. The second-order valence-corrected chi connectivity index (χ2v) is 6.41. The van der Waals surface area contributed by atoms with Gasteiger partial charge in [-0.2, -0.15) is 0 Å². The Morgan fingerprint density at radius 3 is 2.45 bits per heavy atom. The van der Waals surface area contributed by atoms with E-state index in [-0.39, 0.29) is 16.7 Å². The third-order valence-corrected chi connectivity index (χ3v) is 4.65. The third-order valence-electron chi connectivity index (χ3n) is 3.11. The number of benzene rings is 2. The predicted octanol–water partition coefficient (Wildman–Crippen LogP) is 2.74. The molecular weight excluding hydrogens is 274 g/mol. The maximum absolute atomic E-state index is 12.3. The van der Waals surface area contributed by atoms with E-state index < -0.39 is 10.0 Å². The average molecular weight is 291 g/mol. The van der Waals surface area contributed by atoms with Gasteiger partial charge in [-0.3, -0.25) is 0 Å². The van der Waals surface area contributed by atoms with Gasteiger partial charge >= 0.3 is 0 Å². The van der Waals surface area contributed by atoms with Crippen molar-refractivity contribution in [3.63, 3.8) is 0 Å². The molecule has 0 heterocycles. The topological polar surface area (TPSA) is 66.4 Å². The summed E-state index contributed by atoms with van der Waals surface area (Å²) in [6, 6.07) is 12.9. The molecule has 0 spiro atoms. The Morgan fingerprint density at radius 1 is 1.10 bits per heavy atom. The zero-order valence-corrected chi connectivity index (χ0v) is 12.2. The SMILES string of the molecule is Cc1ccccc1C(C)NS(=O)(=O)c1cccc(O)c1. The van der Waals surface area contributed by atoms with E-state index in [1.807, 2.05) is 31.2 Å². The molecule has 1 atom stereocenters. The molecule has 106 valence electrons. The van der Waals surface area contributed by atoms with E-state index in [0.717, 1.165) is 11.1 Å². The molecule has 2 rings (SSSR count). The number of nitrogens with one attached hydrogen (secondary N) is 1. The molecule has 1 unspecified atom stereocenters. The molecule has 0 saturated carbocycles. The summed E-state index contributed by atoms with van der Waals surface area (Å²) in [7, 11) is -3.66. The summed E-state index contributed by atoms with van der Waals surface area (Å²) in [5, 5.41) is 9.38. The highest BCUT2D eigenvalue weighted by Gasteiger charge is 2.19. The Morgan fingerprint density at radius 2 is 1.80 bits per heavy atom. The zero-order valence-electron chi connectivity index (χ0n) is 11.4. The van der Waals surface area contributed by atoms with Gasteiger partial charge in [-0.15, -0.1) is 0 Å². The Bertz CT molecular complexity index is 711. The normalized spacial score (nSPS) is 13.1. The number of sulfonamides is 1. The highest BCUT2D eigenvalue weighted by Crippen LogP contribution is 2.21. The largest absolute Gasteiger partial charge is 0.508 e. The number of hydrogen-bond donors (Lipinski definition) is 2. The second kappa shape index (κ2) is 5.64. The average Bonchev–Trinajstić information content (AvgIpc) is 2.38. The number of hydrogen-bond acceptors (Lipinski definition) is 3. The summed E-state index contributed by atoms with van der Waals surface area (Å²) in [4.78, 5) is 0.0536. The summed E-state index contributed by atoms with van der Waals surface area (Å²) in [6.45, 7) is 3.73. The van der Waals surface area contributed by atoms with Crippen LogP contribution in [0.15, 0.2) is 53.4 Å². The maximum atomic E-state index is 12.3. The smallest absolute Gasteiger partial charge is 0.241 e. The Labute approximate surface area is 119 Å². The molecule has 4 nitrogen and oxygen atoms in total. The van der Waals surface area contributed by atoms with Crippen LogP contribution in [0.4, 0.5) is 0 Å². The van der Waals surface area contributed by atoms with Gasteiger partial charge in [0.1, 0.15) is 5.75 Å². The fourth-order valence-corrected chi connectivity index (χ4v) is 3.35. The number of phenolic OH excluding ortho intramolecular Hbond substituents is 1. The van der Waals surface area contributed by atoms with Crippen LogP contribution in [0.5, 0.6) is 5.75 Å². The first kappa shape index (κ1) is 14.6. The minimum atomic E-state index is -3.66. The van der Waals surface area contributed by atoms with E-state index in [1.165, 1.54) is 24.3 Å². The van der Waals surface area contributed by atoms with Crippen LogP contribution in [0.1, 0.15) is 24.1 Å². The fourth-order valence-electron chi connectivity index (χ4n) is 2.09. The molecule has 2 aromatic carbocycles. The molecule has 0 fully saturated rings. The van der Waals surface area contributed by atoms with Gasteiger partial charge in [-0.25, -0.2) is 13.1 Å². The number of aromatic hydroxyl groups is 1. The standard InChI is InChI=1S/C15H17NO3S/c1-11-6-3-4-9-15(11)12(2)16-20(18,19)14-8-5-7-13(17)10-14/h3-10,12,16-17H,1-2H3. The van der Waals surface area contributed by atoms with E-state index in [0.29, 0.717) is 0 Å². The molecule has 0 aromatic heterocycles. The molecular formula is C15H17NO3S. The van der Waals surface area contributed by atoms with Crippen LogP contribution in [0.3, 0.4) is 0 Å². The molecule has 2 aromatic rings. The van der Waals surface area contributed by atoms with Crippen molar-refractivity contribution in [1.82, 2.24) is 4.72 Å². The summed E-state index contributed by atoms with van der Waals surface area (Å²) >= 11 is 0. The number of aryl methyl sites for hydroxylation is 1. The van der Waals surface area contributed by atoms with Crippen LogP contribution in [0.25, 0.3) is 0 Å². The quantitative estimate of drug-likeness (QED) is 0.910. The molecule has 0 bridgehead atoms. The molecule has 2 N–H and O–H groups in total. The second-order valence-electron chi connectivity index (χ2n) is 4.70. The highest BCUT2D eigenvalue weighted by atomic mass is 32.2. The first-order valence-electron chi connectivity index (χ1n) is 6.27. The van der Waals surface area contributed by atoms with E-state index >= 15 is 0 Å². The van der Waals surface area contributed by atoms with E-state index in [1.54, 1.807) is 6.92 Å². The molecule has 0 radical (unpaired) electrons. The van der Waals surface area contributed by atoms with Gasteiger partial charge in [0.15, 0.2) is 0 Å². The van der Waals surface area contributed by atoms with Crippen molar-refractivity contribution in [1.29, 1.82) is 0 Å². The van der Waals surface area contributed by atoms with Crippen molar-refractivity contribution in [3.05, 3.63) is 59.7 Å². The van der Waals surface area contributed by atoms with Crippen LogP contribution in [-0.4, -0.2) is 13.5 Å². The molecule has 0 amide bonds. The monoisotopic (exact) mass is 291 g/mol. The number of phenols is 1. The van der Waals surface area contributed by atoms with Gasteiger partial charge in [0, 0.05) is 6.04 Å². The highest BCUT2D eigenvalue weighted by molar-refractivity contribution is 7.89. The molecule has 0 aliphatic rings. The van der Waals surface area contributed by atoms with Crippen LogP contribution in [0, 0.1) is 6.92 Å². The lowest BCUT2D eigenvalue weighted by atomic mass is 10.0. The molecule has 5 heteroatoms. The van der Waals surface area contributed by atoms with Gasteiger partial charge in [-0.1, -0.05) is 30.3 Å². The summed E-state index contributed by atoms with van der Waals surface area (Å²) in [5.74, 6) is -0.0728. The fraction of sp³-hybridized carbons (Fsp3) is 0.200. The first-order chi connectivity index (χ1) is 9.40. The van der Waals surface area contributed by atoms with Crippen molar-refractivity contribution in [2.24, 2.45) is 0 Å². The lowest BCUT2D eigenvalue weighted by Gasteiger charge is -2.16. The van der Waals surface area contributed by atoms with Gasteiger partial charge in [0.2, 0.25) is 10.0 Å². The van der Waals surface area contributed by atoms with Crippen LogP contribution in [-0.2, 0) is 10.0 Å². The van der Waals surface area contributed by atoms with Crippen molar-refractivity contribution in [2.75, 3.05) is 0 Å². The molecule has 0 saturated heterocycles. The first-order valence-corrected chi connectivity index (χ1v) is 7.75. The van der Waals surface area contributed by atoms with Crippen molar-refractivity contribution >= 4 is 10.0 Å². The van der Waals surface area contributed by atoms with Crippen LogP contribution >= 0.6 is 0 Å². The van der Waals surface area contributed by atoms with Crippen LogP contribution in [0.2, 0.25) is 0 Å². The van der Waals surface area contributed by atoms with Gasteiger partial charge in [0.05, 0.1) is 4.90 Å². The minimum absolute atomic E-state index is 0.0536. The summed E-state index contributed by atoms with van der Waals surface area (Å²) in [6.07, 6.45) is 0. The molecule has 0 aliphatic heterocycles. The zero-order chi connectivity index (χ0) is 14.8. The Balaban J connectivity index is 2.27. The summed E-state index contributed by atoms with van der Waals surface area (Å²) < 4.78 is 27.1. The van der Waals surface area contributed by atoms with Gasteiger partial charge < -0.3 is 5.11 Å². The van der Waals surface area contributed by atoms with Crippen molar-refractivity contribution in [3.8, 4) is 5.75 Å². The number of rotatable bonds is 4. The Kier molecular flexibility index (Phi) is 4.11. The van der Waals surface area contributed by atoms with E-state index in [9.17, 15) is 13.5 Å². The van der Waals surface area contributed by atoms with Gasteiger partial charge in [-0.05, 0) is 43.2 Å². The lowest BCUT2D eigenvalue weighted by Crippen LogP contribution is -2.27. The van der Waals surface area contributed by atoms with Crippen molar-refractivity contribution < 1.29 is 13.5 Å². The summed E-state index contributed by atoms with van der Waals surface area (Å²) in [5.41, 5.74) is 1.95. The maximum Gasteiger partial charge on any atom is 0.241 e. The Hall–Kier alpha value is -1.85. The van der Waals surface area contributed by atoms with Crippen LogP contribution < -0.4 is 4.72 Å². The lowest BCUT2D eigenvalue weighted by molar-refractivity contribution is 0.473.